The van der Waals surface area contributed by atoms with Gasteiger partial charge in [0.2, 0.25) is 0 Å². The van der Waals surface area contributed by atoms with Gasteiger partial charge in [0.15, 0.2) is 0 Å². The topological polar surface area (TPSA) is 30.4 Å². The molecule has 0 spiro atoms. The molecule has 0 amide bonds. The van der Waals surface area contributed by atoms with Crippen molar-refractivity contribution in [3.05, 3.63) is 170 Å². The molecule has 3 heteroatoms. The molecule has 0 radical (unpaired) electrons. The number of hydrogen-bond donors (Lipinski definition) is 0. The second kappa shape index (κ2) is 10.5. The number of rotatable bonds is 4. The highest BCUT2D eigenvalue weighted by Gasteiger charge is 2.17. The summed E-state index contributed by atoms with van der Waals surface area (Å²) in [6, 6.07) is 56.4. The van der Waals surface area contributed by atoms with E-state index in [1.165, 1.54) is 33.0 Å². The molecule has 0 bridgehead atoms. The molecule has 0 N–H and O–H groups in total. The van der Waals surface area contributed by atoms with Crippen LogP contribution in [0.1, 0.15) is 0 Å². The molecule has 7 aromatic carbocycles. The molecular weight excluding hydrogens is 585 g/mol. The van der Waals surface area contributed by atoms with Crippen molar-refractivity contribution in [1.82, 2.24) is 9.38 Å². The minimum atomic E-state index is 0.888. The molecule has 3 nitrogen and oxygen atoms in total. The van der Waals surface area contributed by atoms with Crippen molar-refractivity contribution in [2.24, 2.45) is 0 Å². The maximum atomic E-state index is 6.70. The Hall–Kier alpha value is -6.45. The molecule has 0 aliphatic rings. The predicted molar refractivity (Wildman–Crippen MR) is 199 cm³/mol. The van der Waals surface area contributed by atoms with Crippen LogP contribution in [0.5, 0.6) is 0 Å². The number of fused-ring (bicyclic) bond motifs is 9. The smallest absolute Gasteiger partial charge is 0.145 e. The minimum Gasteiger partial charge on any atom is -0.455 e. The molecule has 0 saturated heterocycles. The minimum absolute atomic E-state index is 0.888. The van der Waals surface area contributed by atoms with Gasteiger partial charge in [0, 0.05) is 39.5 Å². The molecule has 0 atom stereocenters. The van der Waals surface area contributed by atoms with E-state index >= 15 is 0 Å². The summed E-state index contributed by atoms with van der Waals surface area (Å²) >= 11 is 0. The number of hydrogen-bond acceptors (Lipinski definition) is 2. The van der Waals surface area contributed by atoms with Crippen molar-refractivity contribution in [2.75, 3.05) is 0 Å². The van der Waals surface area contributed by atoms with Crippen LogP contribution < -0.4 is 0 Å². The van der Waals surface area contributed by atoms with Gasteiger partial charge < -0.3 is 4.42 Å². The molecule has 3 heterocycles. The first-order chi connectivity index (χ1) is 23.8. The van der Waals surface area contributed by atoms with Crippen LogP contribution in [0.25, 0.3) is 93.8 Å². The highest BCUT2D eigenvalue weighted by Crippen LogP contribution is 2.42. The zero-order valence-corrected chi connectivity index (χ0v) is 26.0. The van der Waals surface area contributed by atoms with Crippen molar-refractivity contribution >= 4 is 49.3 Å². The maximum absolute atomic E-state index is 6.70. The molecule has 48 heavy (non-hydrogen) atoms. The van der Waals surface area contributed by atoms with Gasteiger partial charge in [-0.25, -0.2) is 4.98 Å². The van der Waals surface area contributed by atoms with Gasteiger partial charge in [-0.05, 0) is 86.8 Å². The van der Waals surface area contributed by atoms with Crippen molar-refractivity contribution in [2.45, 2.75) is 0 Å². The number of benzene rings is 7. The third-order valence-corrected chi connectivity index (χ3v) is 9.65. The molecular formula is C45H28N2O. The summed E-state index contributed by atoms with van der Waals surface area (Å²) in [5.41, 5.74) is 13.2. The van der Waals surface area contributed by atoms with Crippen LogP contribution in [0.3, 0.4) is 0 Å². The van der Waals surface area contributed by atoms with E-state index in [1.807, 2.05) is 12.4 Å². The molecule has 224 valence electrons. The molecule has 0 fully saturated rings. The Morgan fingerprint density at radius 1 is 0.417 bits per heavy atom. The van der Waals surface area contributed by atoms with Crippen molar-refractivity contribution in [3.63, 3.8) is 0 Å². The van der Waals surface area contributed by atoms with E-state index in [0.29, 0.717) is 0 Å². The average Bonchev–Trinajstić information content (AvgIpc) is 3.81. The lowest BCUT2D eigenvalue weighted by Crippen LogP contribution is -1.91. The van der Waals surface area contributed by atoms with Gasteiger partial charge >= 0.3 is 0 Å². The van der Waals surface area contributed by atoms with Crippen LogP contribution >= 0.6 is 0 Å². The standard InChI is InChI=1S/C45H28N2O/c1-3-10-29(11-4-1)32-19-21-43-40(26-32)41-28-35(30-12-5-2-6-13-30)27-38(44(41)48-43)34-15-9-14-31(24-34)33-18-20-42-39(25-33)36-16-7-8-17-37(36)45-46-22-23-47(42)45/h1-28H. The van der Waals surface area contributed by atoms with Gasteiger partial charge in [0.1, 0.15) is 16.8 Å². The average molecular weight is 613 g/mol. The Kier molecular flexibility index (Phi) is 5.87. The normalized spacial score (nSPS) is 11.8. The Labute approximate surface area is 277 Å². The summed E-state index contributed by atoms with van der Waals surface area (Å²) < 4.78 is 8.88. The molecule has 3 aromatic heterocycles. The molecule has 10 rings (SSSR count). The van der Waals surface area contributed by atoms with Crippen LogP contribution in [-0.4, -0.2) is 9.38 Å². The lowest BCUT2D eigenvalue weighted by Gasteiger charge is -2.12. The van der Waals surface area contributed by atoms with Gasteiger partial charge in [0.05, 0.1) is 5.52 Å². The zero-order valence-electron chi connectivity index (χ0n) is 26.0. The third kappa shape index (κ3) is 4.18. The van der Waals surface area contributed by atoms with E-state index in [9.17, 15) is 0 Å². The highest BCUT2D eigenvalue weighted by molar-refractivity contribution is 6.14. The summed E-state index contributed by atoms with van der Waals surface area (Å²) in [6.07, 6.45) is 3.93. The van der Waals surface area contributed by atoms with Crippen molar-refractivity contribution in [3.8, 4) is 44.5 Å². The second-order valence-corrected chi connectivity index (χ2v) is 12.4. The molecule has 0 unspecified atom stereocenters. The van der Waals surface area contributed by atoms with E-state index in [0.717, 1.165) is 60.7 Å². The summed E-state index contributed by atoms with van der Waals surface area (Å²) in [5, 5.41) is 5.80. The fourth-order valence-corrected chi connectivity index (χ4v) is 7.32. The molecule has 0 aliphatic heterocycles. The van der Waals surface area contributed by atoms with Gasteiger partial charge in [0.25, 0.3) is 0 Å². The zero-order chi connectivity index (χ0) is 31.6. The summed E-state index contributed by atoms with van der Waals surface area (Å²) in [5.74, 6) is 0. The van der Waals surface area contributed by atoms with Gasteiger partial charge in [-0.15, -0.1) is 0 Å². The lowest BCUT2D eigenvalue weighted by atomic mass is 9.93. The predicted octanol–water partition coefficient (Wildman–Crippen LogP) is 12.2. The van der Waals surface area contributed by atoms with E-state index in [2.05, 4.69) is 167 Å². The first kappa shape index (κ1) is 26.7. The Morgan fingerprint density at radius 3 is 1.88 bits per heavy atom. The van der Waals surface area contributed by atoms with Crippen molar-refractivity contribution in [1.29, 1.82) is 0 Å². The van der Waals surface area contributed by atoms with Gasteiger partial charge in [-0.1, -0.05) is 115 Å². The molecule has 0 aliphatic carbocycles. The van der Waals surface area contributed by atoms with Gasteiger partial charge in [-0.3, -0.25) is 4.40 Å². The lowest BCUT2D eigenvalue weighted by molar-refractivity contribution is 0.670. The van der Waals surface area contributed by atoms with E-state index in [4.69, 9.17) is 4.42 Å². The maximum Gasteiger partial charge on any atom is 0.145 e. The van der Waals surface area contributed by atoms with Crippen LogP contribution in [0.4, 0.5) is 0 Å². The third-order valence-electron chi connectivity index (χ3n) is 9.65. The fourth-order valence-electron chi connectivity index (χ4n) is 7.32. The Balaban J connectivity index is 1.18. The Bertz CT molecular complexity index is 2830. The van der Waals surface area contributed by atoms with E-state index in [-0.39, 0.29) is 0 Å². The summed E-state index contributed by atoms with van der Waals surface area (Å²) in [7, 11) is 0. The second-order valence-electron chi connectivity index (χ2n) is 12.4. The van der Waals surface area contributed by atoms with Gasteiger partial charge in [-0.2, -0.15) is 0 Å². The SMILES string of the molecule is c1ccc(-c2ccc3oc4c(-c5cccc(-c6ccc7c(c6)c6ccccc6c6nccn76)c5)cc(-c5ccccc5)cc4c3c2)cc1. The summed E-state index contributed by atoms with van der Waals surface area (Å²) in [6.45, 7) is 0. The largest absolute Gasteiger partial charge is 0.455 e. The number of imidazole rings is 1. The highest BCUT2D eigenvalue weighted by atomic mass is 16.3. The van der Waals surface area contributed by atoms with Crippen LogP contribution in [0.15, 0.2) is 175 Å². The monoisotopic (exact) mass is 612 g/mol. The number of pyridine rings is 1. The fraction of sp³-hybridized carbons (Fsp3) is 0. The van der Waals surface area contributed by atoms with Crippen LogP contribution in [0, 0.1) is 0 Å². The quantitative estimate of drug-likeness (QED) is 0.185. The van der Waals surface area contributed by atoms with E-state index < -0.39 is 0 Å². The molecule has 10 aromatic rings. The van der Waals surface area contributed by atoms with E-state index in [1.54, 1.807) is 0 Å². The number of furan rings is 1. The number of aromatic nitrogens is 2. The van der Waals surface area contributed by atoms with Crippen LogP contribution in [0.2, 0.25) is 0 Å². The molecule has 0 saturated carbocycles. The van der Waals surface area contributed by atoms with Crippen molar-refractivity contribution < 1.29 is 4.42 Å². The first-order valence-corrected chi connectivity index (χ1v) is 16.3. The Morgan fingerprint density at radius 2 is 1.04 bits per heavy atom. The first-order valence-electron chi connectivity index (χ1n) is 16.3. The van der Waals surface area contributed by atoms with Crippen LogP contribution in [-0.2, 0) is 0 Å². The number of nitrogens with zero attached hydrogens (tertiary/aromatic N) is 2. The summed E-state index contributed by atoms with van der Waals surface area (Å²) in [4.78, 5) is 4.67.